The van der Waals surface area contributed by atoms with Crippen LogP contribution in [0.3, 0.4) is 0 Å². The number of hydrogen-bond donors (Lipinski definition) is 2. The first kappa shape index (κ1) is 17.3. The Morgan fingerprint density at radius 1 is 1.32 bits per heavy atom. The molecule has 1 aromatic carbocycles. The Bertz CT molecular complexity index is 523. The highest BCUT2D eigenvalue weighted by Gasteiger charge is 2.21. The molecule has 122 valence electrons. The van der Waals surface area contributed by atoms with Gasteiger partial charge in [0.15, 0.2) is 0 Å². The molecule has 0 unspecified atom stereocenters. The second-order valence-electron chi connectivity index (χ2n) is 5.76. The second kappa shape index (κ2) is 7.51. The molecule has 5 nitrogen and oxygen atoms in total. The summed E-state index contributed by atoms with van der Waals surface area (Å²) in [5.41, 5.74) is 0.0660. The zero-order valence-electron chi connectivity index (χ0n) is 12.8. The summed E-state index contributed by atoms with van der Waals surface area (Å²) < 4.78 is 0. The fourth-order valence-corrected chi connectivity index (χ4v) is 3.11. The van der Waals surface area contributed by atoms with E-state index < -0.39 is 0 Å². The summed E-state index contributed by atoms with van der Waals surface area (Å²) in [5, 5.41) is 13.2. The van der Waals surface area contributed by atoms with Crippen molar-refractivity contribution in [3.8, 4) is 5.75 Å². The van der Waals surface area contributed by atoms with Gasteiger partial charge < -0.3 is 15.3 Å². The molecule has 1 aliphatic rings. The molecule has 2 N–H and O–H groups in total. The van der Waals surface area contributed by atoms with E-state index in [4.69, 9.17) is 23.2 Å². The molecule has 1 amide bonds. The minimum absolute atomic E-state index is 0.0398. The van der Waals surface area contributed by atoms with Gasteiger partial charge in [0.25, 0.3) is 5.91 Å². The highest BCUT2D eigenvalue weighted by Crippen LogP contribution is 2.29. The Hall–Kier alpha value is -1.01. The minimum atomic E-state index is -0.388. The van der Waals surface area contributed by atoms with Crippen molar-refractivity contribution in [2.75, 3.05) is 39.8 Å². The van der Waals surface area contributed by atoms with Crippen molar-refractivity contribution >= 4 is 29.1 Å². The highest BCUT2D eigenvalue weighted by molar-refractivity contribution is 6.37. The molecule has 0 radical (unpaired) electrons. The number of likely N-dealkylation sites (N-methyl/N-ethyl adjacent to an activating group) is 1. The minimum Gasteiger partial charge on any atom is -0.507 e. The van der Waals surface area contributed by atoms with Gasteiger partial charge in [0.1, 0.15) is 5.75 Å². The Labute approximate surface area is 140 Å². The SMILES string of the molecule is C[C@H](CN1CCN(C)CC1)NC(=O)c1c(O)cc(Cl)cc1Cl. The van der Waals surface area contributed by atoms with Crippen molar-refractivity contribution in [2.45, 2.75) is 13.0 Å². The Morgan fingerprint density at radius 2 is 1.95 bits per heavy atom. The lowest BCUT2D eigenvalue weighted by Crippen LogP contribution is -2.49. The molecule has 1 aromatic rings. The molecule has 0 bridgehead atoms. The van der Waals surface area contributed by atoms with Crippen molar-refractivity contribution < 1.29 is 9.90 Å². The van der Waals surface area contributed by atoms with E-state index in [9.17, 15) is 9.90 Å². The maximum Gasteiger partial charge on any atom is 0.256 e. The van der Waals surface area contributed by atoms with Gasteiger partial charge in [0, 0.05) is 43.8 Å². The number of carbonyl (C=O) groups excluding carboxylic acids is 1. The number of aromatic hydroxyl groups is 1. The van der Waals surface area contributed by atoms with Crippen LogP contribution in [0.25, 0.3) is 0 Å². The standard InChI is InChI=1S/C15H21Cl2N3O2/c1-10(9-20-5-3-19(2)4-6-20)18-15(22)14-12(17)7-11(16)8-13(14)21/h7-8,10,21H,3-6,9H2,1-2H3,(H,18,22)/t10-/m1/s1. The molecule has 1 aliphatic heterocycles. The summed E-state index contributed by atoms with van der Waals surface area (Å²) in [5.74, 6) is -0.595. The molecular formula is C15H21Cl2N3O2. The van der Waals surface area contributed by atoms with E-state index in [1.54, 1.807) is 0 Å². The van der Waals surface area contributed by atoms with Crippen molar-refractivity contribution in [1.29, 1.82) is 0 Å². The third-order valence-electron chi connectivity index (χ3n) is 3.77. The highest BCUT2D eigenvalue weighted by atomic mass is 35.5. The molecule has 22 heavy (non-hydrogen) atoms. The molecule has 0 aliphatic carbocycles. The summed E-state index contributed by atoms with van der Waals surface area (Å²) in [4.78, 5) is 16.9. The topological polar surface area (TPSA) is 55.8 Å². The maximum atomic E-state index is 12.3. The van der Waals surface area contributed by atoms with Crippen LogP contribution in [0, 0.1) is 0 Å². The van der Waals surface area contributed by atoms with Crippen molar-refractivity contribution in [3.63, 3.8) is 0 Å². The van der Waals surface area contributed by atoms with Gasteiger partial charge in [-0.1, -0.05) is 23.2 Å². The quantitative estimate of drug-likeness (QED) is 0.876. The monoisotopic (exact) mass is 345 g/mol. The summed E-state index contributed by atoms with van der Waals surface area (Å²) in [6.07, 6.45) is 0. The van der Waals surface area contributed by atoms with Crippen molar-refractivity contribution in [3.05, 3.63) is 27.7 Å². The normalized spacial score (nSPS) is 18.2. The average Bonchev–Trinajstić information content (AvgIpc) is 2.40. The van der Waals surface area contributed by atoms with E-state index in [-0.39, 0.29) is 28.3 Å². The number of halogens is 2. The molecule has 1 atom stereocenters. The number of piperazine rings is 1. The van der Waals surface area contributed by atoms with E-state index in [0.717, 1.165) is 32.7 Å². The Kier molecular flexibility index (Phi) is 5.92. The first-order chi connectivity index (χ1) is 10.4. The number of phenols is 1. The van der Waals surface area contributed by atoms with Gasteiger partial charge in [-0.05, 0) is 26.1 Å². The number of benzene rings is 1. The smallest absolute Gasteiger partial charge is 0.256 e. The molecule has 0 aromatic heterocycles. The number of nitrogens with one attached hydrogen (secondary N) is 1. The van der Waals surface area contributed by atoms with Gasteiger partial charge in [-0.2, -0.15) is 0 Å². The largest absolute Gasteiger partial charge is 0.507 e. The summed E-state index contributed by atoms with van der Waals surface area (Å²) in [7, 11) is 2.11. The molecule has 1 heterocycles. The van der Waals surface area contributed by atoms with Gasteiger partial charge in [0.2, 0.25) is 0 Å². The first-order valence-corrected chi connectivity index (χ1v) is 8.02. The van der Waals surface area contributed by atoms with Crippen molar-refractivity contribution in [1.82, 2.24) is 15.1 Å². The van der Waals surface area contributed by atoms with Crippen LogP contribution in [-0.4, -0.2) is 66.6 Å². The van der Waals surface area contributed by atoms with Crippen LogP contribution in [0.4, 0.5) is 0 Å². The van der Waals surface area contributed by atoms with Gasteiger partial charge in [-0.3, -0.25) is 9.69 Å². The Morgan fingerprint density at radius 3 is 2.55 bits per heavy atom. The number of phenolic OH excluding ortho intramolecular Hbond substituents is 1. The van der Waals surface area contributed by atoms with Crippen LogP contribution in [0.2, 0.25) is 10.0 Å². The van der Waals surface area contributed by atoms with E-state index >= 15 is 0 Å². The summed E-state index contributed by atoms with van der Waals surface area (Å²) >= 11 is 11.8. The number of amides is 1. The van der Waals surface area contributed by atoms with Crippen molar-refractivity contribution in [2.24, 2.45) is 0 Å². The molecule has 1 saturated heterocycles. The Balaban J connectivity index is 1.94. The van der Waals surface area contributed by atoms with Crippen LogP contribution < -0.4 is 5.32 Å². The average molecular weight is 346 g/mol. The van der Waals surface area contributed by atoms with Gasteiger partial charge in [-0.15, -0.1) is 0 Å². The molecule has 1 fully saturated rings. The van der Waals surface area contributed by atoms with Gasteiger partial charge in [-0.25, -0.2) is 0 Å². The lowest BCUT2D eigenvalue weighted by molar-refractivity contribution is 0.0912. The summed E-state index contributed by atoms with van der Waals surface area (Å²) in [6.45, 7) is 6.75. The van der Waals surface area contributed by atoms with Crippen LogP contribution in [0.1, 0.15) is 17.3 Å². The lowest BCUT2D eigenvalue weighted by atomic mass is 10.1. The fraction of sp³-hybridized carbons (Fsp3) is 0.533. The third-order valence-corrected chi connectivity index (χ3v) is 4.28. The van der Waals surface area contributed by atoms with Crippen LogP contribution in [-0.2, 0) is 0 Å². The van der Waals surface area contributed by atoms with Gasteiger partial charge >= 0.3 is 0 Å². The van der Waals surface area contributed by atoms with Gasteiger partial charge in [0.05, 0.1) is 10.6 Å². The molecule has 7 heteroatoms. The lowest BCUT2D eigenvalue weighted by Gasteiger charge is -2.34. The maximum absolute atomic E-state index is 12.3. The summed E-state index contributed by atoms with van der Waals surface area (Å²) in [6, 6.07) is 2.72. The molecule has 2 rings (SSSR count). The third kappa shape index (κ3) is 4.49. The number of hydrogen-bond acceptors (Lipinski definition) is 4. The number of rotatable bonds is 4. The second-order valence-corrected chi connectivity index (χ2v) is 6.60. The van der Waals surface area contributed by atoms with Crippen LogP contribution in [0.5, 0.6) is 5.75 Å². The predicted octanol–water partition coefficient (Wildman–Crippen LogP) is 2.06. The zero-order chi connectivity index (χ0) is 16.3. The van der Waals surface area contributed by atoms with E-state index in [2.05, 4.69) is 22.2 Å². The fourth-order valence-electron chi connectivity index (χ4n) is 2.54. The first-order valence-electron chi connectivity index (χ1n) is 7.26. The number of nitrogens with zero attached hydrogens (tertiary/aromatic N) is 2. The molecular weight excluding hydrogens is 325 g/mol. The number of carbonyl (C=O) groups is 1. The van der Waals surface area contributed by atoms with Crippen LogP contribution in [0.15, 0.2) is 12.1 Å². The van der Waals surface area contributed by atoms with E-state index in [1.807, 2.05) is 6.92 Å². The molecule has 0 spiro atoms. The van der Waals surface area contributed by atoms with E-state index in [0.29, 0.717) is 5.02 Å². The van der Waals surface area contributed by atoms with E-state index in [1.165, 1.54) is 12.1 Å². The predicted molar refractivity (Wildman–Crippen MR) is 89.0 cm³/mol. The zero-order valence-corrected chi connectivity index (χ0v) is 14.3. The van der Waals surface area contributed by atoms with Crippen LogP contribution >= 0.6 is 23.2 Å². The molecule has 0 saturated carbocycles.